The van der Waals surface area contributed by atoms with E-state index in [1.54, 1.807) is 0 Å². The highest BCUT2D eigenvalue weighted by molar-refractivity contribution is 6.04. The fourth-order valence-corrected chi connectivity index (χ4v) is 3.13. The number of urea groups is 1. The minimum absolute atomic E-state index is 0.0743. The van der Waals surface area contributed by atoms with Crippen LogP contribution in [0.15, 0.2) is 42.5 Å². The molecule has 0 spiro atoms. The van der Waals surface area contributed by atoms with Crippen LogP contribution in [-0.4, -0.2) is 60.4 Å². The maximum atomic E-state index is 12.1. The normalized spacial score (nSPS) is 15.1. The molecule has 1 heterocycles. The van der Waals surface area contributed by atoms with E-state index in [-0.39, 0.29) is 12.6 Å². The highest BCUT2D eigenvalue weighted by Crippen LogP contribution is 2.23. The predicted molar refractivity (Wildman–Crippen MR) is 101 cm³/mol. The van der Waals surface area contributed by atoms with Gasteiger partial charge in [-0.2, -0.15) is 0 Å². The molecule has 1 saturated heterocycles. The lowest BCUT2D eigenvalue weighted by atomic mass is 10.00. The molecule has 0 bridgehead atoms. The van der Waals surface area contributed by atoms with Crippen LogP contribution in [0.4, 0.5) is 4.79 Å². The van der Waals surface area contributed by atoms with E-state index >= 15 is 0 Å². The van der Waals surface area contributed by atoms with Gasteiger partial charge >= 0.3 is 12.0 Å². The molecule has 8 nitrogen and oxygen atoms in total. The third-order valence-corrected chi connectivity index (χ3v) is 4.55. The number of esters is 1. The molecular weight excluding hydrogens is 362 g/mol. The number of nitrogens with one attached hydrogen (secondary N) is 1. The summed E-state index contributed by atoms with van der Waals surface area (Å²) in [6.07, 6.45) is 0. The average molecular weight is 383 g/mol. The van der Waals surface area contributed by atoms with E-state index in [0.717, 1.165) is 21.2 Å². The first-order chi connectivity index (χ1) is 13.4. The monoisotopic (exact) mass is 383 g/mol. The zero-order chi connectivity index (χ0) is 20.3. The zero-order valence-electron chi connectivity index (χ0n) is 15.7. The fraction of sp³-hybridized carbons (Fsp3) is 0.300. The first-order valence-electron chi connectivity index (χ1n) is 8.85. The van der Waals surface area contributed by atoms with Gasteiger partial charge in [0.1, 0.15) is 13.1 Å². The quantitative estimate of drug-likeness (QED) is 0.602. The number of hydrogen-bond donors (Lipinski definition) is 1. The second-order valence-corrected chi connectivity index (χ2v) is 6.64. The Hall–Kier alpha value is -3.42. The Bertz CT molecular complexity index is 937. The van der Waals surface area contributed by atoms with Gasteiger partial charge in [0.2, 0.25) is 0 Å². The lowest BCUT2D eigenvalue weighted by molar-refractivity contribution is -0.150. The smallest absolute Gasteiger partial charge is 0.327 e. The molecule has 0 radical (unpaired) electrons. The summed E-state index contributed by atoms with van der Waals surface area (Å²) in [7, 11) is 1.47. The maximum Gasteiger partial charge on any atom is 0.327 e. The average Bonchev–Trinajstić information content (AvgIpc) is 2.92. The molecule has 1 fully saturated rings. The molecule has 2 aromatic rings. The molecule has 0 aliphatic carbocycles. The van der Waals surface area contributed by atoms with Crippen LogP contribution in [-0.2, 0) is 19.1 Å². The van der Waals surface area contributed by atoms with E-state index in [4.69, 9.17) is 4.74 Å². The molecule has 4 amide bonds. The SMILES string of the molecule is C[C@@H](NC(=O)COC(=O)CN1C(=O)CN(C)C1=O)c1cccc2ccccc12. The number of likely N-dealkylation sites (N-methyl/N-ethyl adjacent to an activating group) is 1. The number of carbonyl (C=O) groups excluding carboxylic acids is 4. The fourth-order valence-electron chi connectivity index (χ4n) is 3.13. The van der Waals surface area contributed by atoms with Crippen LogP contribution < -0.4 is 5.32 Å². The van der Waals surface area contributed by atoms with Crippen LogP contribution in [0.5, 0.6) is 0 Å². The number of fused-ring (bicyclic) bond motifs is 1. The Morgan fingerprint density at radius 3 is 2.57 bits per heavy atom. The molecule has 1 aliphatic rings. The number of benzene rings is 2. The van der Waals surface area contributed by atoms with Crippen molar-refractivity contribution in [1.82, 2.24) is 15.1 Å². The van der Waals surface area contributed by atoms with Crippen molar-refractivity contribution in [3.05, 3.63) is 48.0 Å². The van der Waals surface area contributed by atoms with E-state index in [9.17, 15) is 19.2 Å². The van der Waals surface area contributed by atoms with Crippen LogP contribution in [0.3, 0.4) is 0 Å². The molecule has 1 atom stereocenters. The molecule has 1 aliphatic heterocycles. The van der Waals surface area contributed by atoms with Gasteiger partial charge in [0, 0.05) is 7.05 Å². The van der Waals surface area contributed by atoms with E-state index in [0.29, 0.717) is 0 Å². The first kappa shape index (κ1) is 19.3. The summed E-state index contributed by atoms with van der Waals surface area (Å²) < 4.78 is 4.91. The van der Waals surface area contributed by atoms with Gasteiger partial charge in [0.15, 0.2) is 6.61 Å². The summed E-state index contributed by atoms with van der Waals surface area (Å²) in [5, 5.41) is 4.89. The van der Waals surface area contributed by atoms with Crippen LogP contribution in [0.1, 0.15) is 18.5 Å². The Labute approximate surface area is 162 Å². The number of ether oxygens (including phenoxy) is 1. The van der Waals surface area contributed by atoms with Gasteiger partial charge in [0.05, 0.1) is 6.04 Å². The van der Waals surface area contributed by atoms with Crippen molar-refractivity contribution in [3.8, 4) is 0 Å². The third kappa shape index (κ3) is 4.11. The Morgan fingerprint density at radius 1 is 1.14 bits per heavy atom. The zero-order valence-corrected chi connectivity index (χ0v) is 15.7. The lowest BCUT2D eigenvalue weighted by Crippen LogP contribution is -2.38. The third-order valence-electron chi connectivity index (χ3n) is 4.55. The van der Waals surface area contributed by atoms with Gasteiger partial charge in [-0.25, -0.2) is 4.79 Å². The number of imide groups is 1. The van der Waals surface area contributed by atoms with Crippen molar-refractivity contribution < 1.29 is 23.9 Å². The van der Waals surface area contributed by atoms with E-state index in [1.165, 1.54) is 11.9 Å². The summed E-state index contributed by atoms with van der Waals surface area (Å²) in [5.74, 6) is -1.76. The van der Waals surface area contributed by atoms with Crippen molar-refractivity contribution in [3.63, 3.8) is 0 Å². The van der Waals surface area contributed by atoms with E-state index in [1.807, 2.05) is 49.4 Å². The van der Waals surface area contributed by atoms with Gasteiger partial charge in [-0.3, -0.25) is 19.3 Å². The Kier molecular flexibility index (Phi) is 5.58. The molecule has 0 unspecified atom stereocenters. The van der Waals surface area contributed by atoms with Crippen LogP contribution in [0, 0.1) is 0 Å². The minimum atomic E-state index is -0.815. The molecule has 8 heteroatoms. The number of hydrogen-bond acceptors (Lipinski definition) is 5. The first-order valence-corrected chi connectivity index (χ1v) is 8.85. The molecule has 1 N–H and O–H groups in total. The van der Waals surface area contributed by atoms with Crippen molar-refractivity contribution in [1.29, 1.82) is 0 Å². The van der Waals surface area contributed by atoms with Crippen LogP contribution in [0.25, 0.3) is 10.8 Å². The topological polar surface area (TPSA) is 96.0 Å². The molecule has 2 aromatic carbocycles. The Morgan fingerprint density at radius 2 is 1.86 bits per heavy atom. The van der Waals surface area contributed by atoms with Gasteiger partial charge in [-0.15, -0.1) is 0 Å². The molecule has 3 rings (SSSR count). The Balaban J connectivity index is 1.53. The molecule has 0 saturated carbocycles. The van der Waals surface area contributed by atoms with Crippen molar-refractivity contribution in [2.45, 2.75) is 13.0 Å². The molecule has 146 valence electrons. The summed E-state index contributed by atoms with van der Waals surface area (Å²) in [6.45, 7) is 0.780. The van der Waals surface area contributed by atoms with Crippen LogP contribution in [0.2, 0.25) is 0 Å². The minimum Gasteiger partial charge on any atom is -0.454 e. The number of rotatable bonds is 6. The number of nitrogens with zero attached hydrogens (tertiary/aromatic N) is 2. The summed E-state index contributed by atoms with van der Waals surface area (Å²) in [6, 6.07) is 12.9. The summed E-state index contributed by atoms with van der Waals surface area (Å²) in [5.41, 5.74) is 0.953. The predicted octanol–water partition coefficient (Wildman–Crippen LogP) is 1.45. The van der Waals surface area contributed by atoms with Gasteiger partial charge in [-0.1, -0.05) is 42.5 Å². The molecular formula is C20H21N3O5. The maximum absolute atomic E-state index is 12.1. The highest BCUT2D eigenvalue weighted by atomic mass is 16.5. The molecule has 0 aromatic heterocycles. The van der Waals surface area contributed by atoms with E-state index in [2.05, 4.69) is 5.32 Å². The number of amides is 4. The van der Waals surface area contributed by atoms with E-state index < -0.39 is 37.0 Å². The molecule has 28 heavy (non-hydrogen) atoms. The van der Waals surface area contributed by atoms with Gasteiger partial charge < -0.3 is 15.0 Å². The van der Waals surface area contributed by atoms with Crippen molar-refractivity contribution in [2.24, 2.45) is 0 Å². The van der Waals surface area contributed by atoms with Crippen molar-refractivity contribution in [2.75, 3.05) is 26.7 Å². The second-order valence-electron chi connectivity index (χ2n) is 6.64. The summed E-state index contributed by atoms with van der Waals surface area (Å²) >= 11 is 0. The van der Waals surface area contributed by atoms with Gasteiger partial charge in [0.25, 0.3) is 11.8 Å². The lowest BCUT2D eigenvalue weighted by Gasteiger charge is -2.17. The highest BCUT2D eigenvalue weighted by Gasteiger charge is 2.35. The summed E-state index contributed by atoms with van der Waals surface area (Å²) in [4.78, 5) is 49.4. The second kappa shape index (κ2) is 8.08. The van der Waals surface area contributed by atoms with Crippen LogP contribution >= 0.6 is 0 Å². The van der Waals surface area contributed by atoms with Crippen molar-refractivity contribution >= 4 is 34.6 Å². The van der Waals surface area contributed by atoms with Gasteiger partial charge in [-0.05, 0) is 23.3 Å². The largest absolute Gasteiger partial charge is 0.454 e. The standard InChI is InChI=1S/C20H21N3O5/c1-13(15-9-5-7-14-6-3-4-8-16(14)15)21-17(24)12-28-19(26)11-23-18(25)10-22(2)20(23)27/h3-9,13H,10-12H2,1-2H3,(H,21,24)/t13-/m1/s1. The number of carbonyl (C=O) groups is 4.